The molecule has 0 aromatic heterocycles. The number of amides is 2. The van der Waals surface area contributed by atoms with Gasteiger partial charge in [0.25, 0.3) is 0 Å². The molecular weight excluding hydrogens is 446 g/mol. The fraction of sp³-hybridized carbons (Fsp3) is 0.219. The molecule has 2 aliphatic carbocycles. The number of ketones is 1. The van der Waals surface area contributed by atoms with Gasteiger partial charge in [0, 0.05) is 17.4 Å². The summed E-state index contributed by atoms with van der Waals surface area (Å²) in [6.45, 7) is 5.65. The van der Waals surface area contributed by atoms with Crippen molar-refractivity contribution in [3.63, 3.8) is 0 Å². The Hall–Kier alpha value is -4.05. The van der Waals surface area contributed by atoms with Gasteiger partial charge in [-0.1, -0.05) is 71.8 Å². The number of fused-ring (bicyclic) bond motifs is 5. The van der Waals surface area contributed by atoms with Crippen LogP contribution in [0, 0.1) is 37.5 Å². The van der Waals surface area contributed by atoms with E-state index in [1.807, 2.05) is 0 Å². The molecule has 1 saturated heterocycles. The summed E-state index contributed by atoms with van der Waals surface area (Å²) in [5, 5.41) is 0. The van der Waals surface area contributed by atoms with Crippen molar-refractivity contribution in [2.75, 3.05) is 4.90 Å². The summed E-state index contributed by atoms with van der Waals surface area (Å²) in [6.07, 6.45) is 4.24. The van der Waals surface area contributed by atoms with Crippen LogP contribution >= 0.6 is 0 Å². The largest absolute Gasteiger partial charge is 0.295 e. The zero-order chi connectivity index (χ0) is 25.1. The Bertz CT molecular complexity index is 1380. The van der Waals surface area contributed by atoms with Gasteiger partial charge in [-0.25, -0.2) is 4.90 Å². The molecule has 0 spiro atoms. The molecule has 1 aliphatic heterocycles. The number of nitrogens with zero attached hydrogens (tertiary/aromatic N) is 1. The third kappa shape index (κ3) is 3.32. The molecule has 4 heteroatoms. The standard InChI is InChI=1S/C32H27NO3/c1-18-4-8-22(9-5-18)27(23-10-6-19(2)7-11-23)28-25-16-17-26(28)30-29(25)31(35)33(32(30)36)24-14-12-21(13-15-24)20(3)34/h4-17,25-26,29-30H,1-3H3/t25-,26-,29-,30-/m0/s1. The van der Waals surface area contributed by atoms with E-state index in [1.165, 1.54) is 28.5 Å². The molecule has 1 saturated carbocycles. The lowest BCUT2D eigenvalue weighted by molar-refractivity contribution is -0.122. The number of imide groups is 1. The van der Waals surface area contributed by atoms with Gasteiger partial charge in [-0.2, -0.15) is 0 Å². The van der Waals surface area contributed by atoms with Gasteiger partial charge in [0.1, 0.15) is 0 Å². The molecule has 3 aromatic carbocycles. The number of hydrogen-bond acceptors (Lipinski definition) is 3. The molecule has 178 valence electrons. The second kappa shape index (κ2) is 8.27. The van der Waals surface area contributed by atoms with Crippen LogP contribution in [0.1, 0.15) is 39.5 Å². The van der Waals surface area contributed by atoms with E-state index in [0.29, 0.717) is 11.3 Å². The first-order valence-electron chi connectivity index (χ1n) is 12.4. The molecule has 4 nitrogen and oxygen atoms in total. The van der Waals surface area contributed by atoms with Crippen molar-refractivity contribution in [1.29, 1.82) is 0 Å². The normalized spacial score (nSPS) is 24.0. The van der Waals surface area contributed by atoms with Crippen molar-refractivity contribution in [2.45, 2.75) is 20.8 Å². The number of Topliss-reactive ketones (excluding diaryl/α,β-unsaturated/α-hetero) is 1. The number of carbonyl (C=O) groups excluding carboxylic acids is 3. The van der Waals surface area contributed by atoms with Crippen molar-refractivity contribution in [1.82, 2.24) is 0 Å². The Kier molecular flexibility index (Phi) is 5.15. The Morgan fingerprint density at radius 1 is 0.639 bits per heavy atom. The summed E-state index contributed by atoms with van der Waals surface area (Å²) in [4.78, 5) is 40.4. The highest BCUT2D eigenvalue weighted by Gasteiger charge is 2.62. The number of benzene rings is 3. The summed E-state index contributed by atoms with van der Waals surface area (Å²) in [6, 6.07) is 23.7. The summed E-state index contributed by atoms with van der Waals surface area (Å²) < 4.78 is 0. The van der Waals surface area contributed by atoms with E-state index >= 15 is 0 Å². The first-order valence-corrected chi connectivity index (χ1v) is 12.4. The van der Waals surface area contributed by atoms with Crippen LogP contribution in [0.25, 0.3) is 5.57 Å². The maximum atomic E-state index is 13.7. The number of carbonyl (C=O) groups is 3. The maximum Gasteiger partial charge on any atom is 0.238 e. The molecule has 2 fully saturated rings. The van der Waals surface area contributed by atoms with Crippen LogP contribution in [0.15, 0.2) is 90.5 Å². The van der Waals surface area contributed by atoms with E-state index in [4.69, 9.17) is 0 Å². The minimum atomic E-state index is -0.402. The molecule has 0 unspecified atom stereocenters. The topological polar surface area (TPSA) is 54.5 Å². The molecule has 2 amide bonds. The lowest BCUT2D eigenvalue weighted by Crippen LogP contribution is -2.33. The average molecular weight is 474 g/mol. The van der Waals surface area contributed by atoms with E-state index in [2.05, 4.69) is 74.5 Å². The Labute approximate surface area is 211 Å². The lowest BCUT2D eigenvalue weighted by Gasteiger charge is -2.22. The Morgan fingerprint density at radius 2 is 1.06 bits per heavy atom. The average Bonchev–Trinajstić information content (AvgIpc) is 3.51. The fourth-order valence-corrected chi connectivity index (χ4v) is 6.14. The second-order valence-corrected chi connectivity index (χ2v) is 10.2. The minimum absolute atomic E-state index is 0.0470. The maximum absolute atomic E-state index is 13.7. The van der Waals surface area contributed by atoms with Crippen LogP contribution in [-0.2, 0) is 9.59 Å². The van der Waals surface area contributed by atoms with Gasteiger partial charge < -0.3 is 0 Å². The highest BCUT2D eigenvalue weighted by molar-refractivity contribution is 6.23. The third-order valence-corrected chi connectivity index (χ3v) is 7.92. The van der Waals surface area contributed by atoms with Crippen molar-refractivity contribution in [2.24, 2.45) is 23.7 Å². The summed E-state index contributed by atoms with van der Waals surface area (Å²) in [7, 11) is 0. The van der Waals surface area contributed by atoms with Gasteiger partial charge >= 0.3 is 0 Å². The van der Waals surface area contributed by atoms with Gasteiger partial charge in [0.05, 0.1) is 17.5 Å². The van der Waals surface area contributed by atoms with Crippen LogP contribution in [0.2, 0.25) is 0 Å². The van der Waals surface area contributed by atoms with Crippen molar-refractivity contribution in [3.8, 4) is 0 Å². The van der Waals surface area contributed by atoms with Gasteiger partial charge in [0.15, 0.2) is 5.78 Å². The van der Waals surface area contributed by atoms with Gasteiger partial charge in [-0.05, 0) is 67.3 Å². The number of anilines is 1. The zero-order valence-corrected chi connectivity index (χ0v) is 20.6. The van der Waals surface area contributed by atoms with Crippen LogP contribution < -0.4 is 4.90 Å². The van der Waals surface area contributed by atoms with E-state index in [9.17, 15) is 14.4 Å². The van der Waals surface area contributed by atoms with Crippen molar-refractivity contribution >= 4 is 28.9 Å². The molecule has 3 aromatic rings. The van der Waals surface area contributed by atoms with Crippen LogP contribution in [0.4, 0.5) is 5.69 Å². The van der Waals surface area contributed by atoms with Crippen molar-refractivity contribution in [3.05, 3.63) is 118 Å². The summed E-state index contributed by atoms with van der Waals surface area (Å²) >= 11 is 0. The van der Waals surface area contributed by atoms with E-state index in [1.54, 1.807) is 24.3 Å². The van der Waals surface area contributed by atoms with E-state index in [0.717, 1.165) is 16.7 Å². The molecule has 36 heavy (non-hydrogen) atoms. The van der Waals surface area contributed by atoms with Crippen LogP contribution in [0.5, 0.6) is 0 Å². The molecule has 0 radical (unpaired) electrons. The van der Waals surface area contributed by atoms with Crippen LogP contribution in [0.3, 0.4) is 0 Å². The van der Waals surface area contributed by atoms with Gasteiger partial charge in [0.2, 0.25) is 11.8 Å². The lowest BCUT2D eigenvalue weighted by atomic mass is 9.85. The number of hydrogen-bond donors (Lipinski definition) is 0. The first-order chi connectivity index (χ1) is 17.3. The molecule has 1 heterocycles. The predicted molar refractivity (Wildman–Crippen MR) is 140 cm³/mol. The van der Waals surface area contributed by atoms with E-state index < -0.39 is 11.8 Å². The number of aryl methyl sites for hydroxylation is 2. The number of allylic oxidation sites excluding steroid dienone is 3. The van der Waals surface area contributed by atoms with Crippen molar-refractivity contribution < 1.29 is 14.4 Å². The second-order valence-electron chi connectivity index (χ2n) is 10.2. The smallest absolute Gasteiger partial charge is 0.238 e. The molecular formula is C32H27NO3. The SMILES string of the molecule is CC(=O)c1ccc(N2C(=O)[C@@H]3[C@@H](C2=O)[C@H]2C=C[C@H]3C2=C(c2ccc(C)cc2)c2ccc(C)cc2)cc1. The van der Waals surface area contributed by atoms with Gasteiger partial charge in [-0.3, -0.25) is 14.4 Å². The fourth-order valence-electron chi connectivity index (χ4n) is 6.14. The summed E-state index contributed by atoms with van der Waals surface area (Å²) in [5.74, 6) is -1.38. The predicted octanol–water partition coefficient (Wildman–Crippen LogP) is 5.93. The Balaban J connectivity index is 1.45. The zero-order valence-electron chi connectivity index (χ0n) is 20.6. The third-order valence-electron chi connectivity index (χ3n) is 7.92. The minimum Gasteiger partial charge on any atom is -0.295 e. The highest BCUT2D eigenvalue weighted by Crippen LogP contribution is 2.58. The first kappa shape index (κ1) is 22.4. The van der Waals surface area contributed by atoms with E-state index in [-0.39, 0.29) is 29.4 Å². The Morgan fingerprint density at radius 3 is 1.47 bits per heavy atom. The molecule has 3 aliphatic rings. The molecule has 0 N–H and O–H groups in total. The molecule has 6 rings (SSSR count). The molecule has 4 atom stereocenters. The molecule has 2 bridgehead atoms. The van der Waals surface area contributed by atoms with Crippen LogP contribution in [-0.4, -0.2) is 17.6 Å². The summed E-state index contributed by atoms with van der Waals surface area (Å²) in [5.41, 5.74) is 7.98. The highest BCUT2D eigenvalue weighted by atomic mass is 16.2. The quantitative estimate of drug-likeness (QED) is 0.268. The number of rotatable bonds is 4. The van der Waals surface area contributed by atoms with Gasteiger partial charge in [-0.15, -0.1) is 0 Å². The monoisotopic (exact) mass is 473 g/mol.